The molecular formula is C20H20FN3O2S. The second kappa shape index (κ2) is 8.26. The lowest BCUT2D eigenvalue weighted by Gasteiger charge is -2.29. The number of halogens is 1. The molecule has 0 aliphatic carbocycles. The Bertz CT molecular complexity index is 842. The molecule has 0 saturated carbocycles. The van der Waals surface area contributed by atoms with Gasteiger partial charge in [-0.25, -0.2) is 9.29 Å². The molecule has 27 heavy (non-hydrogen) atoms. The predicted octanol–water partition coefficient (Wildman–Crippen LogP) is 2.51. The monoisotopic (exact) mass is 385 g/mol. The highest BCUT2D eigenvalue weighted by molar-refractivity contribution is 7.80. The summed E-state index contributed by atoms with van der Waals surface area (Å²) in [4.78, 5) is 28.3. The first-order chi connectivity index (χ1) is 13.0. The highest BCUT2D eigenvalue weighted by Crippen LogP contribution is 2.26. The van der Waals surface area contributed by atoms with Gasteiger partial charge in [-0.05, 0) is 48.5 Å². The lowest BCUT2D eigenvalue weighted by molar-refractivity contribution is -0.122. The van der Waals surface area contributed by atoms with Crippen molar-refractivity contribution in [2.45, 2.75) is 18.9 Å². The van der Waals surface area contributed by atoms with Crippen molar-refractivity contribution in [3.8, 4) is 0 Å². The van der Waals surface area contributed by atoms with E-state index in [1.807, 2.05) is 30.3 Å². The molecule has 1 saturated heterocycles. The number of carbonyl (C=O) groups excluding carboxylic acids is 2. The molecule has 1 heterocycles. The summed E-state index contributed by atoms with van der Waals surface area (Å²) in [5, 5.41) is 3.32. The summed E-state index contributed by atoms with van der Waals surface area (Å²) in [5.41, 5.74) is 1.49. The SMILES string of the molecule is CNC(=S)N(CCc1ccccc1)[C@H]1CC(=O)N(c2ccc(F)cc2)C1=O. The van der Waals surface area contributed by atoms with Crippen molar-refractivity contribution < 1.29 is 14.0 Å². The van der Waals surface area contributed by atoms with Crippen molar-refractivity contribution >= 4 is 34.8 Å². The Morgan fingerprint density at radius 2 is 1.85 bits per heavy atom. The second-order valence-electron chi connectivity index (χ2n) is 6.25. The van der Waals surface area contributed by atoms with Crippen molar-refractivity contribution in [3.63, 3.8) is 0 Å². The summed E-state index contributed by atoms with van der Waals surface area (Å²) in [5.74, 6) is -1.09. The number of rotatable bonds is 5. The average Bonchev–Trinajstić information content (AvgIpc) is 2.97. The first kappa shape index (κ1) is 19.0. The van der Waals surface area contributed by atoms with E-state index in [4.69, 9.17) is 12.2 Å². The topological polar surface area (TPSA) is 52.7 Å². The molecule has 3 rings (SSSR count). The number of anilines is 1. The highest BCUT2D eigenvalue weighted by atomic mass is 32.1. The Kier molecular flexibility index (Phi) is 5.81. The van der Waals surface area contributed by atoms with Gasteiger partial charge in [-0.3, -0.25) is 9.59 Å². The van der Waals surface area contributed by atoms with Gasteiger partial charge in [0, 0.05) is 13.6 Å². The number of hydrogen-bond acceptors (Lipinski definition) is 3. The summed E-state index contributed by atoms with van der Waals surface area (Å²) in [6, 6.07) is 14.5. The number of thiocarbonyl (C=S) groups is 1. The summed E-state index contributed by atoms with van der Waals surface area (Å²) in [7, 11) is 1.69. The largest absolute Gasteiger partial charge is 0.366 e. The van der Waals surface area contributed by atoms with Crippen molar-refractivity contribution in [1.82, 2.24) is 10.2 Å². The summed E-state index contributed by atoms with van der Waals surface area (Å²) >= 11 is 5.38. The van der Waals surface area contributed by atoms with Crippen LogP contribution in [0.5, 0.6) is 0 Å². The molecular weight excluding hydrogens is 365 g/mol. The zero-order valence-electron chi connectivity index (χ0n) is 14.9. The molecule has 1 atom stereocenters. The summed E-state index contributed by atoms with van der Waals surface area (Å²) < 4.78 is 13.2. The van der Waals surface area contributed by atoms with Crippen LogP contribution in [0.1, 0.15) is 12.0 Å². The zero-order valence-corrected chi connectivity index (χ0v) is 15.7. The number of hydrogen-bond donors (Lipinski definition) is 1. The smallest absolute Gasteiger partial charge is 0.257 e. The molecule has 1 fully saturated rings. The molecule has 140 valence electrons. The first-order valence-electron chi connectivity index (χ1n) is 8.66. The highest BCUT2D eigenvalue weighted by Gasteiger charge is 2.43. The summed E-state index contributed by atoms with van der Waals surface area (Å²) in [6.07, 6.45) is 0.726. The zero-order chi connectivity index (χ0) is 19.4. The van der Waals surface area contributed by atoms with Gasteiger partial charge in [0.25, 0.3) is 5.91 Å². The molecule has 2 aromatic carbocycles. The van der Waals surface area contributed by atoms with Gasteiger partial charge < -0.3 is 10.2 Å². The van der Waals surface area contributed by atoms with E-state index >= 15 is 0 Å². The van der Waals surface area contributed by atoms with E-state index in [1.54, 1.807) is 11.9 Å². The van der Waals surface area contributed by atoms with Crippen LogP contribution in [-0.4, -0.2) is 41.5 Å². The van der Waals surface area contributed by atoms with Gasteiger partial charge in [0.1, 0.15) is 11.9 Å². The molecule has 0 unspecified atom stereocenters. The van der Waals surface area contributed by atoms with Gasteiger partial charge in [-0.2, -0.15) is 0 Å². The average molecular weight is 385 g/mol. The molecule has 1 aliphatic heterocycles. The summed E-state index contributed by atoms with van der Waals surface area (Å²) in [6.45, 7) is 0.505. The van der Waals surface area contributed by atoms with E-state index in [-0.39, 0.29) is 18.2 Å². The maximum atomic E-state index is 13.2. The second-order valence-corrected chi connectivity index (χ2v) is 6.63. The van der Waals surface area contributed by atoms with Gasteiger partial charge in [-0.15, -0.1) is 0 Å². The molecule has 0 aromatic heterocycles. The predicted molar refractivity (Wildman–Crippen MR) is 106 cm³/mol. The number of carbonyl (C=O) groups is 2. The Morgan fingerprint density at radius 1 is 1.19 bits per heavy atom. The minimum atomic E-state index is -0.675. The molecule has 0 bridgehead atoms. The molecule has 2 amide bonds. The molecule has 1 aliphatic rings. The van der Waals surface area contributed by atoms with Crippen molar-refractivity contribution in [3.05, 3.63) is 66.0 Å². The van der Waals surface area contributed by atoms with Gasteiger partial charge in [0.15, 0.2) is 5.11 Å². The van der Waals surface area contributed by atoms with E-state index in [0.717, 1.165) is 10.5 Å². The van der Waals surface area contributed by atoms with Crippen molar-refractivity contribution in [1.29, 1.82) is 0 Å². The molecule has 2 aromatic rings. The molecule has 5 nitrogen and oxygen atoms in total. The van der Waals surface area contributed by atoms with Crippen LogP contribution in [0.15, 0.2) is 54.6 Å². The molecule has 0 spiro atoms. The van der Waals surface area contributed by atoms with Crippen LogP contribution in [0.3, 0.4) is 0 Å². The maximum Gasteiger partial charge on any atom is 0.257 e. The van der Waals surface area contributed by atoms with Crippen LogP contribution >= 0.6 is 12.2 Å². The van der Waals surface area contributed by atoms with Gasteiger partial charge in [0.2, 0.25) is 5.91 Å². The Labute approximate surface area is 162 Å². The molecule has 0 radical (unpaired) electrons. The van der Waals surface area contributed by atoms with Crippen LogP contribution < -0.4 is 10.2 Å². The third kappa shape index (κ3) is 4.14. The van der Waals surface area contributed by atoms with Gasteiger partial charge in [-0.1, -0.05) is 30.3 Å². The van der Waals surface area contributed by atoms with Crippen molar-refractivity contribution in [2.24, 2.45) is 0 Å². The third-order valence-electron chi connectivity index (χ3n) is 4.54. The van der Waals surface area contributed by atoms with Crippen LogP contribution in [0.2, 0.25) is 0 Å². The van der Waals surface area contributed by atoms with Crippen LogP contribution in [0.4, 0.5) is 10.1 Å². The van der Waals surface area contributed by atoms with Gasteiger partial charge in [0.05, 0.1) is 12.1 Å². The number of nitrogens with zero attached hydrogens (tertiary/aromatic N) is 2. The van der Waals surface area contributed by atoms with E-state index in [2.05, 4.69) is 5.32 Å². The van der Waals surface area contributed by atoms with Crippen LogP contribution in [0, 0.1) is 5.82 Å². The Hall–Kier alpha value is -2.80. The number of benzene rings is 2. The fraction of sp³-hybridized carbons (Fsp3) is 0.250. The quantitative estimate of drug-likeness (QED) is 0.633. The minimum Gasteiger partial charge on any atom is -0.366 e. The first-order valence-corrected chi connectivity index (χ1v) is 9.06. The van der Waals surface area contributed by atoms with Crippen LogP contribution in [-0.2, 0) is 16.0 Å². The van der Waals surface area contributed by atoms with E-state index in [0.29, 0.717) is 23.8 Å². The number of nitrogens with one attached hydrogen (secondary N) is 1. The lowest BCUT2D eigenvalue weighted by Crippen LogP contribution is -2.49. The molecule has 1 N–H and O–H groups in total. The standard InChI is InChI=1S/C20H20FN3O2S/c1-22-20(27)23(12-11-14-5-3-2-4-6-14)17-13-18(25)24(19(17)26)16-9-7-15(21)8-10-16/h2-10,17H,11-13H2,1H3,(H,22,27)/t17-/m0/s1. The molecule has 7 heteroatoms. The Balaban J connectivity index is 1.80. The fourth-order valence-electron chi connectivity index (χ4n) is 3.16. The number of amides is 2. The van der Waals surface area contributed by atoms with Crippen molar-refractivity contribution in [2.75, 3.05) is 18.5 Å². The normalized spacial score (nSPS) is 16.5. The lowest BCUT2D eigenvalue weighted by atomic mass is 10.1. The van der Waals surface area contributed by atoms with Gasteiger partial charge >= 0.3 is 0 Å². The number of imide groups is 1. The van der Waals surface area contributed by atoms with E-state index < -0.39 is 11.9 Å². The van der Waals surface area contributed by atoms with E-state index in [1.165, 1.54) is 24.3 Å². The maximum absolute atomic E-state index is 13.2. The Morgan fingerprint density at radius 3 is 2.48 bits per heavy atom. The fourth-order valence-corrected chi connectivity index (χ4v) is 3.38. The third-order valence-corrected chi connectivity index (χ3v) is 4.98. The minimum absolute atomic E-state index is 0.0345. The van der Waals surface area contributed by atoms with Crippen LogP contribution in [0.25, 0.3) is 0 Å². The van der Waals surface area contributed by atoms with E-state index in [9.17, 15) is 14.0 Å².